The molecule has 0 bridgehead atoms. The first-order valence-corrected chi connectivity index (χ1v) is 11.5. The molecule has 2 aromatic carbocycles. The Morgan fingerprint density at radius 3 is 2.51 bits per heavy atom. The maximum absolute atomic E-state index is 14.6. The molecule has 0 amide bonds. The molecule has 0 N–H and O–H groups in total. The Kier molecular flexibility index (Phi) is 6.43. The number of pyridine rings is 1. The van der Waals surface area contributed by atoms with E-state index < -0.39 is 29.1 Å². The number of methoxy groups -OCH3 is 1. The fraction of sp³-hybridized carbons (Fsp3) is 0.115. The fourth-order valence-corrected chi connectivity index (χ4v) is 4.57. The molecule has 37 heavy (non-hydrogen) atoms. The lowest BCUT2D eigenvalue weighted by atomic mass is 10.1. The van der Waals surface area contributed by atoms with E-state index in [4.69, 9.17) is 32.4 Å². The van der Waals surface area contributed by atoms with Gasteiger partial charge in [0.2, 0.25) is 0 Å². The molecule has 0 aliphatic carbocycles. The van der Waals surface area contributed by atoms with E-state index in [1.54, 1.807) is 12.1 Å². The van der Waals surface area contributed by atoms with Gasteiger partial charge in [-0.3, -0.25) is 9.78 Å². The van der Waals surface area contributed by atoms with E-state index in [0.29, 0.717) is 16.1 Å². The number of ether oxygens (including phenoxy) is 1. The van der Waals surface area contributed by atoms with Crippen LogP contribution in [-0.4, -0.2) is 27.4 Å². The number of carbonyl (C=O) groups is 1. The van der Waals surface area contributed by atoms with E-state index in [0.717, 1.165) is 4.57 Å². The third-order valence-corrected chi connectivity index (χ3v) is 6.36. The molecule has 0 aliphatic rings. The molecule has 3 heterocycles. The Labute approximate surface area is 218 Å². The zero-order valence-electron chi connectivity index (χ0n) is 19.0. The third-order valence-electron chi connectivity index (χ3n) is 5.77. The zero-order valence-corrected chi connectivity index (χ0v) is 20.5. The molecule has 0 spiro atoms. The van der Waals surface area contributed by atoms with Crippen LogP contribution < -0.4 is 4.74 Å². The van der Waals surface area contributed by atoms with Gasteiger partial charge >= 0.3 is 6.18 Å². The average Bonchev–Trinajstić information content (AvgIpc) is 3.49. The van der Waals surface area contributed by atoms with Gasteiger partial charge in [0, 0.05) is 45.5 Å². The lowest BCUT2D eigenvalue weighted by Crippen LogP contribution is -2.19. The lowest BCUT2D eigenvalue weighted by Gasteiger charge is -2.15. The normalized spacial score (nSPS) is 11.7. The molecule has 0 aliphatic heterocycles. The number of oxazole rings is 1. The predicted octanol–water partition coefficient (Wildman–Crippen LogP) is 7.30. The number of hydrogen-bond donors (Lipinski definition) is 0. The molecule has 0 atom stereocenters. The summed E-state index contributed by atoms with van der Waals surface area (Å²) in [5.74, 6) is -1.01. The van der Waals surface area contributed by atoms with Crippen molar-refractivity contribution in [2.45, 2.75) is 12.7 Å². The van der Waals surface area contributed by atoms with E-state index in [1.807, 2.05) is 0 Å². The number of carbonyl (C=O) groups excluding carboxylic acids is 1. The van der Waals surface area contributed by atoms with Crippen LogP contribution in [0.4, 0.5) is 13.2 Å². The van der Waals surface area contributed by atoms with Crippen molar-refractivity contribution in [3.05, 3.63) is 99.9 Å². The van der Waals surface area contributed by atoms with Crippen LogP contribution >= 0.6 is 23.2 Å². The van der Waals surface area contributed by atoms with Gasteiger partial charge in [0.1, 0.15) is 11.4 Å². The number of rotatable bonds is 6. The van der Waals surface area contributed by atoms with E-state index in [1.165, 1.54) is 62.1 Å². The maximum atomic E-state index is 14.6. The number of fused-ring (bicyclic) bond motifs is 1. The van der Waals surface area contributed by atoms with Gasteiger partial charge in [-0.05, 0) is 48.0 Å². The molecule has 6 nitrogen and oxygen atoms in total. The number of benzene rings is 2. The minimum absolute atomic E-state index is 0.0328. The average molecular weight is 546 g/mol. The second-order valence-corrected chi connectivity index (χ2v) is 8.86. The summed E-state index contributed by atoms with van der Waals surface area (Å²) in [7, 11) is 1.38. The number of ketones is 1. The van der Waals surface area contributed by atoms with Gasteiger partial charge < -0.3 is 13.7 Å². The van der Waals surface area contributed by atoms with E-state index in [2.05, 4.69) is 9.97 Å². The Morgan fingerprint density at radius 1 is 1.08 bits per heavy atom. The molecule has 3 aromatic heterocycles. The largest absolute Gasteiger partial charge is 0.497 e. The summed E-state index contributed by atoms with van der Waals surface area (Å²) >= 11 is 12.2. The first-order chi connectivity index (χ1) is 17.7. The Hall–Kier alpha value is -3.82. The Bertz CT molecular complexity index is 1630. The second kappa shape index (κ2) is 9.57. The van der Waals surface area contributed by atoms with Gasteiger partial charge in [-0.1, -0.05) is 29.3 Å². The highest BCUT2D eigenvalue weighted by molar-refractivity contribution is 6.35. The number of halogens is 5. The molecular weight excluding hydrogens is 530 g/mol. The van der Waals surface area contributed by atoms with Crippen molar-refractivity contribution in [2.75, 3.05) is 7.11 Å². The van der Waals surface area contributed by atoms with Crippen LogP contribution in [0.15, 0.2) is 71.5 Å². The highest BCUT2D eigenvalue weighted by atomic mass is 35.5. The zero-order chi connectivity index (χ0) is 26.3. The minimum atomic E-state index is -4.91. The molecule has 0 saturated carbocycles. The number of hydrogen-bond acceptors (Lipinski definition) is 5. The number of aromatic nitrogens is 3. The molecule has 0 unspecified atom stereocenters. The molecule has 188 valence electrons. The van der Waals surface area contributed by atoms with E-state index >= 15 is 0 Å². The SMILES string of the molecule is COc1ccc2c(c1)c(C(=O)c1ncc(-c3ccncc3)o1)c(C(F)(F)F)n2Cc1ccc(Cl)cc1Cl. The molecule has 11 heteroatoms. The van der Waals surface area contributed by atoms with Crippen LogP contribution in [-0.2, 0) is 12.7 Å². The first kappa shape index (κ1) is 24.9. The number of alkyl halides is 3. The minimum Gasteiger partial charge on any atom is -0.497 e. The van der Waals surface area contributed by atoms with Crippen LogP contribution in [0.2, 0.25) is 10.0 Å². The van der Waals surface area contributed by atoms with Crippen LogP contribution in [0, 0.1) is 0 Å². The maximum Gasteiger partial charge on any atom is 0.432 e. The van der Waals surface area contributed by atoms with Gasteiger partial charge in [0.25, 0.3) is 11.7 Å². The summed E-state index contributed by atoms with van der Waals surface area (Å²) < 4.78 is 55.7. The van der Waals surface area contributed by atoms with Crippen molar-refractivity contribution in [3.63, 3.8) is 0 Å². The van der Waals surface area contributed by atoms with Crippen LogP contribution in [0.1, 0.15) is 27.5 Å². The summed E-state index contributed by atoms with van der Waals surface area (Å²) in [6, 6.07) is 12.1. The van der Waals surface area contributed by atoms with Gasteiger partial charge in [-0.15, -0.1) is 0 Å². The molecule has 5 aromatic rings. The predicted molar refractivity (Wildman–Crippen MR) is 132 cm³/mol. The quantitative estimate of drug-likeness (QED) is 0.209. The summed E-state index contributed by atoms with van der Waals surface area (Å²) in [5.41, 5.74) is -0.646. The highest BCUT2D eigenvalue weighted by Gasteiger charge is 2.42. The standard InChI is InChI=1S/C26H16Cl2F3N3O3/c1-36-17-4-5-20-18(11-17)22(23(35)25-33-12-21(37-25)14-6-8-32-9-7-14)24(26(29,30)31)34(20)13-15-2-3-16(27)10-19(15)28/h2-12H,13H2,1H3. The van der Waals surface area contributed by atoms with E-state index in [9.17, 15) is 18.0 Å². The Morgan fingerprint density at radius 2 is 1.84 bits per heavy atom. The molecular formula is C26H16Cl2F3N3O3. The fourth-order valence-electron chi connectivity index (χ4n) is 4.11. The van der Waals surface area contributed by atoms with Gasteiger partial charge in [0.05, 0.1) is 18.9 Å². The molecule has 0 saturated heterocycles. The van der Waals surface area contributed by atoms with Crippen molar-refractivity contribution in [1.29, 1.82) is 0 Å². The van der Waals surface area contributed by atoms with Gasteiger partial charge in [-0.2, -0.15) is 13.2 Å². The second-order valence-electron chi connectivity index (χ2n) is 8.02. The monoisotopic (exact) mass is 545 g/mol. The highest BCUT2D eigenvalue weighted by Crippen LogP contribution is 2.41. The summed E-state index contributed by atoms with van der Waals surface area (Å²) in [6.07, 6.45) is -0.592. The molecule has 0 fully saturated rings. The van der Waals surface area contributed by atoms with Crippen molar-refractivity contribution < 1.29 is 27.1 Å². The topological polar surface area (TPSA) is 70.2 Å². The molecule has 0 radical (unpaired) electrons. The number of nitrogens with zero attached hydrogens (tertiary/aromatic N) is 3. The van der Waals surface area contributed by atoms with E-state index in [-0.39, 0.29) is 34.0 Å². The first-order valence-electron chi connectivity index (χ1n) is 10.8. The summed E-state index contributed by atoms with van der Waals surface area (Å²) in [4.78, 5) is 21.5. The van der Waals surface area contributed by atoms with Crippen LogP contribution in [0.3, 0.4) is 0 Å². The Balaban J connectivity index is 1.73. The molecule has 5 rings (SSSR count). The van der Waals surface area contributed by atoms with Crippen LogP contribution in [0.25, 0.3) is 22.2 Å². The van der Waals surface area contributed by atoms with Crippen molar-refractivity contribution in [1.82, 2.24) is 14.5 Å². The van der Waals surface area contributed by atoms with Crippen LogP contribution in [0.5, 0.6) is 5.75 Å². The van der Waals surface area contributed by atoms with Gasteiger partial charge in [0.15, 0.2) is 5.76 Å². The van der Waals surface area contributed by atoms with Gasteiger partial charge in [-0.25, -0.2) is 4.98 Å². The van der Waals surface area contributed by atoms with Crippen molar-refractivity contribution in [3.8, 4) is 17.1 Å². The third kappa shape index (κ3) is 4.68. The smallest absolute Gasteiger partial charge is 0.432 e. The van der Waals surface area contributed by atoms with Crippen molar-refractivity contribution >= 4 is 39.9 Å². The summed E-state index contributed by atoms with van der Waals surface area (Å²) in [6.45, 7) is -0.269. The lowest BCUT2D eigenvalue weighted by molar-refractivity contribution is -0.143. The summed E-state index contributed by atoms with van der Waals surface area (Å²) in [5, 5.41) is 0.570. The van der Waals surface area contributed by atoms with Crippen molar-refractivity contribution in [2.24, 2.45) is 0 Å².